The molecule has 0 radical (unpaired) electrons. The second-order valence-electron chi connectivity index (χ2n) is 4.87. The van der Waals surface area contributed by atoms with E-state index < -0.39 is 11.9 Å². The summed E-state index contributed by atoms with van der Waals surface area (Å²) in [6.45, 7) is 8.29. The van der Waals surface area contributed by atoms with Crippen LogP contribution in [0.25, 0.3) is 0 Å². The van der Waals surface area contributed by atoms with E-state index in [1.807, 2.05) is 32.0 Å². The molecule has 128 valence electrons. The number of nitrogens with zero attached hydrogens (tertiary/aromatic N) is 1. The second kappa shape index (κ2) is 9.71. The molecule has 0 aliphatic rings. The van der Waals surface area contributed by atoms with Gasteiger partial charge in [-0.3, -0.25) is 9.59 Å². The van der Waals surface area contributed by atoms with Crippen molar-refractivity contribution < 1.29 is 23.8 Å². The molecule has 6 heteroatoms. The molecule has 6 nitrogen and oxygen atoms in total. The smallest absolute Gasteiger partial charge is 0.325 e. The van der Waals surface area contributed by atoms with Crippen LogP contribution in [-0.2, 0) is 19.1 Å². The fourth-order valence-electron chi connectivity index (χ4n) is 2.10. The Morgan fingerprint density at radius 3 is 2.00 bits per heavy atom. The van der Waals surface area contributed by atoms with E-state index >= 15 is 0 Å². The number of benzene rings is 1. The molecule has 0 N–H and O–H groups in total. The Kier molecular flexibility index (Phi) is 7.94. The minimum absolute atomic E-state index is 0.0458. The molecule has 0 unspecified atom stereocenters. The van der Waals surface area contributed by atoms with Crippen molar-refractivity contribution in [3.05, 3.63) is 23.8 Å². The summed E-state index contributed by atoms with van der Waals surface area (Å²) in [5, 5.41) is 0. The lowest BCUT2D eigenvalue weighted by Crippen LogP contribution is -2.36. The van der Waals surface area contributed by atoms with Crippen LogP contribution in [0, 0.1) is 6.92 Å². The van der Waals surface area contributed by atoms with Gasteiger partial charge in [-0.15, -0.1) is 0 Å². The van der Waals surface area contributed by atoms with Crippen LogP contribution in [0.15, 0.2) is 18.2 Å². The molecular weight excluding hydrogens is 298 g/mol. The van der Waals surface area contributed by atoms with Crippen LogP contribution < -0.4 is 9.64 Å². The van der Waals surface area contributed by atoms with Gasteiger partial charge in [-0.25, -0.2) is 0 Å². The third-order valence-corrected chi connectivity index (χ3v) is 3.01. The maximum atomic E-state index is 11.8. The van der Waals surface area contributed by atoms with Gasteiger partial charge in [0.25, 0.3) is 0 Å². The fourth-order valence-corrected chi connectivity index (χ4v) is 2.10. The van der Waals surface area contributed by atoms with Gasteiger partial charge in [0.05, 0.1) is 25.5 Å². The number of rotatable bonds is 9. The number of carbonyl (C=O) groups is 2. The Bertz CT molecular complexity index is 510. The quantitative estimate of drug-likeness (QED) is 0.650. The normalized spacial score (nSPS) is 10.1. The number of hydrogen-bond donors (Lipinski definition) is 0. The van der Waals surface area contributed by atoms with E-state index in [0.717, 1.165) is 5.56 Å². The van der Waals surface area contributed by atoms with Crippen molar-refractivity contribution in [2.24, 2.45) is 0 Å². The average Bonchev–Trinajstić information content (AvgIpc) is 2.47. The largest absolute Gasteiger partial charge is 0.492 e. The molecule has 0 atom stereocenters. The lowest BCUT2D eigenvalue weighted by atomic mass is 10.2. The van der Waals surface area contributed by atoms with Crippen molar-refractivity contribution in [1.29, 1.82) is 0 Å². The Morgan fingerprint density at radius 2 is 1.52 bits per heavy atom. The Labute approximate surface area is 137 Å². The second-order valence-corrected chi connectivity index (χ2v) is 4.87. The number of hydrogen-bond acceptors (Lipinski definition) is 6. The van der Waals surface area contributed by atoms with Gasteiger partial charge in [-0.1, -0.05) is 6.07 Å². The van der Waals surface area contributed by atoms with E-state index in [1.165, 1.54) is 0 Å². The highest BCUT2D eigenvalue weighted by Gasteiger charge is 2.20. The molecule has 0 saturated carbocycles. The van der Waals surface area contributed by atoms with Gasteiger partial charge in [0.2, 0.25) is 0 Å². The van der Waals surface area contributed by atoms with Gasteiger partial charge < -0.3 is 19.1 Å². The average molecular weight is 323 g/mol. The topological polar surface area (TPSA) is 65.1 Å². The number of carbonyl (C=O) groups excluding carboxylic acids is 2. The molecule has 0 bridgehead atoms. The van der Waals surface area contributed by atoms with Crippen LogP contribution in [0.5, 0.6) is 5.75 Å². The monoisotopic (exact) mass is 323 g/mol. The van der Waals surface area contributed by atoms with E-state index in [1.54, 1.807) is 18.7 Å². The summed E-state index contributed by atoms with van der Waals surface area (Å²) in [4.78, 5) is 25.3. The van der Waals surface area contributed by atoms with Crippen molar-refractivity contribution in [2.75, 3.05) is 37.8 Å². The lowest BCUT2D eigenvalue weighted by Gasteiger charge is -2.25. The Morgan fingerprint density at radius 1 is 0.957 bits per heavy atom. The Hall–Kier alpha value is -2.24. The minimum atomic E-state index is -0.403. The molecule has 1 aromatic carbocycles. The first-order chi connectivity index (χ1) is 11.0. The van der Waals surface area contributed by atoms with Gasteiger partial charge in [0.1, 0.15) is 18.8 Å². The number of esters is 2. The van der Waals surface area contributed by atoms with Crippen molar-refractivity contribution in [1.82, 2.24) is 0 Å². The number of ether oxygens (including phenoxy) is 3. The van der Waals surface area contributed by atoms with Crippen molar-refractivity contribution >= 4 is 17.6 Å². The summed E-state index contributed by atoms with van der Waals surface area (Å²) in [6.07, 6.45) is 0. The van der Waals surface area contributed by atoms with E-state index in [9.17, 15) is 9.59 Å². The molecule has 0 amide bonds. The first-order valence-corrected chi connectivity index (χ1v) is 7.81. The molecule has 0 aliphatic carbocycles. The number of anilines is 1. The first-order valence-electron chi connectivity index (χ1n) is 7.81. The van der Waals surface area contributed by atoms with E-state index in [-0.39, 0.29) is 26.3 Å². The number of aryl methyl sites for hydroxylation is 1. The molecule has 0 fully saturated rings. The van der Waals surface area contributed by atoms with Gasteiger partial charge in [-0.05, 0) is 45.4 Å². The van der Waals surface area contributed by atoms with E-state index in [2.05, 4.69) is 0 Å². The maximum absolute atomic E-state index is 11.8. The van der Waals surface area contributed by atoms with E-state index in [0.29, 0.717) is 18.0 Å². The van der Waals surface area contributed by atoms with Crippen LogP contribution >= 0.6 is 0 Å². The summed E-state index contributed by atoms with van der Waals surface area (Å²) in [6, 6.07) is 5.61. The van der Waals surface area contributed by atoms with Crippen LogP contribution in [-0.4, -0.2) is 44.8 Å². The molecule has 1 rings (SSSR count). The maximum Gasteiger partial charge on any atom is 0.325 e. The van der Waals surface area contributed by atoms with Crippen LogP contribution in [0.2, 0.25) is 0 Å². The zero-order valence-corrected chi connectivity index (χ0v) is 14.3. The summed E-state index contributed by atoms with van der Waals surface area (Å²) >= 11 is 0. The van der Waals surface area contributed by atoms with Crippen LogP contribution in [0.4, 0.5) is 5.69 Å². The molecular formula is C17H25NO5. The van der Waals surface area contributed by atoms with Crippen LogP contribution in [0.3, 0.4) is 0 Å². The lowest BCUT2D eigenvalue weighted by molar-refractivity contribution is -0.142. The summed E-state index contributed by atoms with van der Waals surface area (Å²) < 4.78 is 15.6. The van der Waals surface area contributed by atoms with E-state index in [4.69, 9.17) is 14.2 Å². The van der Waals surface area contributed by atoms with Crippen molar-refractivity contribution in [3.8, 4) is 5.75 Å². The minimum Gasteiger partial charge on any atom is -0.492 e. The highest BCUT2D eigenvalue weighted by Crippen LogP contribution is 2.29. The fraction of sp³-hybridized carbons (Fsp3) is 0.529. The highest BCUT2D eigenvalue weighted by atomic mass is 16.5. The highest BCUT2D eigenvalue weighted by molar-refractivity contribution is 5.82. The molecule has 0 spiro atoms. The molecule has 0 aliphatic heterocycles. The predicted molar refractivity (Wildman–Crippen MR) is 87.8 cm³/mol. The molecule has 0 saturated heterocycles. The SMILES string of the molecule is CCOC(=O)CN(CC(=O)OCC)c1ccc(C)cc1OCC. The third-order valence-electron chi connectivity index (χ3n) is 3.01. The zero-order valence-electron chi connectivity index (χ0n) is 14.3. The predicted octanol–water partition coefficient (Wildman–Crippen LogP) is 2.33. The summed E-state index contributed by atoms with van der Waals surface area (Å²) in [5.41, 5.74) is 1.70. The van der Waals surface area contributed by atoms with Gasteiger partial charge in [0.15, 0.2) is 0 Å². The Balaban J connectivity index is 3.06. The first kappa shape index (κ1) is 18.8. The van der Waals surface area contributed by atoms with Gasteiger partial charge in [0, 0.05) is 0 Å². The third kappa shape index (κ3) is 6.18. The summed E-state index contributed by atoms with van der Waals surface area (Å²) in [7, 11) is 0. The van der Waals surface area contributed by atoms with Gasteiger partial charge in [-0.2, -0.15) is 0 Å². The van der Waals surface area contributed by atoms with Crippen LogP contribution in [0.1, 0.15) is 26.3 Å². The molecule has 0 aromatic heterocycles. The zero-order chi connectivity index (χ0) is 17.2. The summed E-state index contributed by atoms with van der Waals surface area (Å²) in [5.74, 6) is -0.180. The molecule has 0 heterocycles. The molecule has 1 aromatic rings. The van der Waals surface area contributed by atoms with Crippen molar-refractivity contribution in [2.45, 2.75) is 27.7 Å². The standard InChI is InChI=1S/C17H25NO5/c1-5-21-15-10-13(4)8-9-14(15)18(11-16(19)22-6-2)12-17(20)23-7-3/h8-10H,5-7,11-12H2,1-4H3. The molecule has 23 heavy (non-hydrogen) atoms. The van der Waals surface area contributed by atoms with Gasteiger partial charge >= 0.3 is 11.9 Å². The van der Waals surface area contributed by atoms with Crippen molar-refractivity contribution in [3.63, 3.8) is 0 Å².